The number of anilines is 2. The molecular weight excluding hydrogens is 587 g/mol. The molecule has 0 bridgehead atoms. The van der Waals surface area contributed by atoms with E-state index in [4.69, 9.17) is 5.26 Å². The molecule has 2 rings (SSSR count). The first-order valence-electron chi connectivity index (χ1n) is 9.30. The maximum absolute atomic E-state index is 14.6. The second-order valence-electron chi connectivity index (χ2n) is 6.99. The fraction of sp³-hybridized carbons (Fsp3) is 0.300. The smallest absolute Gasteiger partial charge is 0.382 e. The fourth-order valence-corrected chi connectivity index (χ4v) is 3.48. The Hall–Kier alpha value is -3.09. The number of hydrogen-bond acceptors (Lipinski definition) is 3. The van der Waals surface area contributed by atoms with E-state index < -0.39 is 68.8 Å². The molecule has 0 aliphatic heterocycles. The van der Waals surface area contributed by atoms with E-state index in [2.05, 4.69) is 21.2 Å². The molecule has 36 heavy (non-hydrogen) atoms. The molecule has 0 atom stereocenters. The number of halogens is 12. The number of carbonyl (C=O) groups excluding carboxylic acids is 1. The van der Waals surface area contributed by atoms with Crippen LogP contribution < -0.4 is 10.6 Å². The van der Waals surface area contributed by atoms with Crippen LogP contribution in [0.15, 0.2) is 34.8 Å². The molecule has 1 amide bonds. The van der Waals surface area contributed by atoms with Crippen LogP contribution in [0.2, 0.25) is 0 Å². The Labute approximate surface area is 203 Å². The molecule has 0 unspecified atom stereocenters. The van der Waals surface area contributed by atoms with E-state index in [1.165, 1.54) is 0 Å². The maximum Gasteiger partial charge on any atom is 0.435 e. The predicted molar refractivity (Wildman–Crippen MR) is 107 cm³/mol. The number of benzene rings is 2. The molecule has 0 radical (unpaired) electrons. The zero-order chi connectivity index (χ0) is 27.7. The first kappa shape index (κ1) is 29.1. The molecule has 2 N–H and O–H groups in total. The largest absolute Gasteiger partial charge is 0.435 e. The highest BCUT2D eigenvalue weighted by Gasteiger charge is 2.73. The van der Waals surface area contributed by atoms with Crippen molar-refractivity contribution in [3.05, 3.63) is 57.3 Å². The number of nitrogens with zero attached hydrogens (tertiary/aromatic N) is 1. The predicted octanol–water partition coefficient (Wildman–Crippen LogP) is 7.47. The van der Waals surface area contributed by atoms with Gasteiger partial charge in [-0.25, -0.2) is 8.78 Å². The van der Waals surface area contributed by atoms with Gasteiger partial charge in [-0.1, -0.05) is 6.07 Å². The third kappa shape index (κ3) is 5.66. The number of hydrogen-bond donors (Lipinski definition) is 2. The lowest BCUT2D eigenvalue weighted by Crippen LogP contribution is -2.50. The highest BCUT2D eigenvalue weighted by atomic mass is 79.9. The molecule has 0 aliphatic carbocycles. The number of carbonyl (C=O) groups is 1. The number of amides is 1. The van der Waals surface area contributed by atoms with E-state index in [9.17, 15) is 53.1 Å². The number of rotatable bonds is 6. The van der Waals surface area contributed by atoms with E-state index in [-0.39, 0.29) is 24.7 Å². The SMILES string of the molecule is N#CCCNc1cccc(C(=O)Nc2c(Br)cc(C(F)(C(F)(F)F)C(F)(F)F)cc2C(F)(F)F)c1F. The lowest BCUT2D eigenvalue weighted by atomic mass is 9.92. The van der Waals surface area contributed by atoms with E-state index in [1.807, 2.05) is 0 Å². The average Bonchev–Trinajstić information content (AvgIpc) is 2.73. The van der Waals surface area contributed by atoms with Crippen LogP contribution in [0, 0.1) is 17.1 Å². The van der Waals surface area contributed by atoms with Gasteiger partial charge in [-0.2, -0.15) is 44.8 Å². The molecule has 196 valence electrons. The molecule has 0 saturated carbocycles. The number of alkyl halides is 10. The summed E-state index contributed by atoms with van der Waals surface area (Å²) in [5.41, 5.74) is -13.5. The van der Waals surface area contributed by atoms with Crippen LogP contribution >= 0.6 is 15.9 Å². The molecule has 0 heterocycles. The van der Waals surface area contributed by atoms with Crippen molar-refractivity contribution in [2.24, 2.45) is 0 Å². The summed E-state index contributed by atoms with van der Waals surface area (Å²) in [6, 6.07) is 3.85. The topological polar surface area (TPSA) is 64.9 Å². The lowest BCUT2D eigenvalue weighted by molar-refractivity contribution is -0.348. The van der Waals surface area contributed by atoms with Crippen LogP contribution in [0.25, 0.3) is 0 Å². The Kier molecular flexibility index (Phi) is 8.19. The van der Waals surface area contributed by atoms with Crippen molar-refractivity contribution in [1.29, 1.82) is 5.26 Å². The minimum absolute atomic E-state index is 0.0624. The van der Waals surface area contributed by atoms with Gasteiger partial charge in [0.15, 0.2) is 5.82 Å². The Balaban J connectivity index is 2.62. The molecule has 16 heteroatoms. The third-order valence-electron chi connectivity index (χ3n) is 4.61. The van der Waals surface area contributed by atoms with Crippen LogP contribution in [0.3, 0.4) is 0 Å². The summed E-state index contributed by atoms with van der Waals surface area (Å²) in [7, 11) is 0. The summed E-state index contributed by atoms with van der Waals surface area (Å²) in [5, 5.41) is 12.5. The molecule has 0 fully saturated rings. The first-order valence-corrected chi connectivity index (χ1v) is 10.1. The van der Waals surface area contributed by atoms with E-state index >= 15 is 0 Å². The Morgan fingerprint density at radius 2 is 1.56 bits per heavy atom. The quantitative estimate of drug-likeness (QED) is 0.268. The number of nitriles is 1. The highest BCUT2D eigenvalue weighted by molar-refractivity contribution is 9.10. The van der Waals surface area contributed by atoms with Gasteiger partial charge in [0, 0.05) is 16.6 Å². The molecule has 2 aromatic carbocycles. The lowest BCUT2D eigenvalue weighted by Gasteiger charge is -2.31. The van der Waals surface area contributed by atoms with Crippen molar-refractivity contribution < 1.29 is 53.1 Å². The van der Waals surface area contributed by atoms with Gasteiger partial charge >= 0.3 is 24.2 Å². The second-order valence-corrected chi connectivity index (χ2v) is 7.84. The minimum Gasteiger partial charge on any atom is -0.382 e. The normalized spacial score (nSPS) is 12.8. The van der Waals surface area contributed by atoms with Gasteiger partial charge in [-0.3, -0.25) is 4.79 Å². The Morgan fingerprint density at radius 3 is 2.06 bits per heavy atom. The van der Waals surface area contributed by atoms with Crippen molar-refractivity contribution >= 4 is 33.2 Å². The van der Waals surface area contributed by atoms with Gasteiger partial charge in [0.05, 0.1) is 35.0 Å². The van der Waals surface area contributed by atoms with Crippen LogP contribution in [0.5, 0.6) is 0 Å². The molecule has 2 aromatic rings. The summed E-state index contributed by atoms with van der Waals surface area (Å²) >= 11 is 2.34. The van der Waals surface area contributed by atoms with Crippen molar-refractivity contribution in [1.82, 2.24) is 0 Å². The zero-order valence-corrected chi connectivity index (χ0v) is 18.8. The van der Waals surface area contributed by atoms with Crippen molar-refractivity contribution in [2.45, 2.75) is 30.6 Å². The van der Waals surface area contributed by atoms with Crippen LogP contribution in [-0.2, 0) is 11.8 Å². The standard InChI is InChI=1S/C20H11BrF11N3O/c21-12-8-9(17(23,19(27,28)29)20(30,31)32)7-11(18(24,25)26)15(12)35-16(36)10-3-1-4-13(14(10)22)34-6-2-5-33/h1,3-4,7-8,34H,2,6H2,(H,35,36). The van der Waals surface area contributed by atoms with Crippen molar-refractivity contribution in [2.75, 3.05) is 17.2 Å². The van der Waals surface area contributed by atoms with Gasteiger partial charge in [-0.05, 0) is 40.2 Å². The summed E-state index contributed by atoms with van der Waals surface area (Å²) in [5.74, 6) is -2.83. The van der Waals surface area contributed by atoms with Crippen LogP contribution in [0.1, 0.15) is 27.9 Å². The Morgan fingerprint density at radius 1 is 0.972 bits per heavy atom. The average molecular weight is 598 g/mol. The summed E-state index contributed by atoms with van der Waals surface area (Å²) in [6.45, 7) is -0.0624. The Bertz CT molecular complexity index is 1170. The van der Waals surface area contributed by atoms with Gasteiger partial charge in [-0.15, -0.1) is 0 Å². The maximum atomic E-state index is 14.6. The van der Waals surface area contributed by atoms with Crippen molar-refractivity contribution in [3.63, 3.8) is 0 Å². The monoisotopic (exact) mass is 597 g/mol. The third-order valence-corrected chi connectivity index (χ3v) is 5.23. The molecule has 0 spiro atoms. The molecule has 4 nitrogen and oxygen atoms in total. The summed E-state index contributed by atoms with van der Waals surface area (Å²) in [6.07, 6.45) is -19.1. The summed E-state index contributed by atoms with van der Waals surface area (Å²) in [4.78, 5) is 12.5. The molecular formula is C20H11BrF11N3O. The fourth-order valence-electron chi connectivity index (χ4n) is 2.92. The van der Waals surface area contributed by atoms with E-state index in [1.54, 1.807) is 11.4 Å². The zero-order valence-electron chi connectivity index (χ0n) is 17.2. The second kappa shape index (κ2) is 10.1. The highest BCUT2D eigenvalue weighted by Crippen LogP contribution is 2.55. The summed E-state index contributed by atoms with van der Waals surface area (Å²) < 4.78 is 147. The first-order chi connectivity index (χ1) is 16.4. The van der Waals surface area contributed by atoms with Crippen LogP contribution in [-0.4, -0.2) is 24.8 Å². The van der Waals surface area contributed by atoms with Gasteiger partial charge in [0.25, 0.3) is 5.91 Å². The molecule has 0 aliphatic rings. The minimum atomic E-state index is -6.69. The molecule has 0 saturated heterocycles. The van der Waals surface area contributed by atoms with Crippen LogP contribution in [0.4, 0.5) is 59.7 Å². The van der Waals surface area contributed by atoms with E-state index in [0.717, 1.165) is 18.2 Å². The van der Waals surface area contributed by atoms with Gasteiger partial charge < -0.3 is 10.6 Å². The van der Waals surface area contributed by atoms with Gasteiger partial charge in [0.1, 0.15) is 0 Å². The van der Waals surface area contributed by atoms with Crippen molar-refractivity contribution in [3.8, 4) is 6.07 Å². The van der Waals surface area contributed by atoms with Gasteiger partial charge in [0.2, 0.25) is 0 Å². The van der Waals surface area contributed by atoms with E-state index in [0.29, 0.717) is 0 Å². The molecule has 0 aromatic heterocycles. The number of nitrogens with one attached hydrogen (secondary N) is 2.